The quantitative estimate of drug-likeness (QED) is 0.409. The van der Waals surface area contributed by atoms with E-state index in [1.807, 2.05) is 54.6 Å². The molecule has 0 saturated carbocycles. The van der Waals surface area contributed by atoms with Gasteiger partial charge in [0.2, 0.25) is 5.91 Å². The lowest BCUT2D eigenvalue weighted by atomic mass is 10.0. The Kier molecular flexibility index (Phi) is 6.04. The topological polar surface area (TPSA) is 96.1 Å². The second-order valence-corrected chi connectivity index (χ2v) is 8.38. The summed E-state index contributed by atoms with van der Waals surface area (Å²) in [5.41, 5.74) is 3.09. The van der Waals surface area contributed by atoms with Gasteiger partial charge in [0.1, 0.15) is 11.7 Å². The molecule has 1 aliphatic heterocycles. The van der Waals surface area contributed by atoms with E-state index in [4.69, 9.17) is 4.74 Å². The van der Waals surface area contributed by atoms with E-state index in [-0.39, 0.29) is 23.6 Å². The van der Waals surface area contributed by atoms with Gasteiger partial charge in [-0.1, -0.05) is 48.5 Å². The maximum atomic E-state index is 13.1. The number of hydrogen-bond donors (Lipinski definition) is 3. The Hall–Kier alpha value is -3.71. The number of nitrogens with one attached hydrogen (secondary N) is 3. The first kappa shape index (κ1) is 21.2. The molecule has 1 saturated heterocycles. The van der Waals surface area contributed by atoms with Crippen molar-refractivity contribution in [2.75, 3.05) is 13.2 Å². The normalized spacial score (nSPS) is 16.7. The Bertz CT molecular complexity index is 1280. The minimum Gasteiger partial charge on any atom is -0.376 e. The molecule has 2 aromatic carbocycles. The maximum absolute atomic E-state index is 13.1. The molecule has 3 N–H and O–H groups in total. The van der Waals surface area contributed by atoms with Crippen LogP contribution in [0.1, 0.15) is 28.9 Å². The molecule has 0 aliphatic carbocycles. The van der Waals surface area contributed by atoms with Crippen LogP contribution in [0.4, 0.5) is 0 Å². The molecule has 33 heavy (non-hydrogen) atoms. The minimum atomic E-state index is -0.721. The van der Waals surface area contributed by atoms with Gasteiger partial charge < -0.3 is 20.4 Å². The lowest BCUT2D eigenvalue weighted by Gasteiger charge is -2.20. The Morgan fingerprint density at radius 2 is 1.88 bits per heavy atom. The highest BCUT2D eigenvalue weighted by atomic mass is 16.5. The van der Waals surface area contributed by atoms with E-state index in [2.05, 4.69) is 20.6 Å². The average molecular weight is 443 g/mol. The molecule has 4 aromatic rings. The Balaban J connectivity index is 1.36. The van der Waals surface area contributed by atoms with E-state index in [9.17, 15) is 9.59 Å². The van der Waals surface area contributed by atoms with Crippen LogP contribution < -0.4 is 10.6 Å². The van der Waals surface area contributed by atoms with Crippen molar-refractivity contribution < 1.29 is 14.3 Å². The summed E-state index contributed by atoms with van der Waals surface area (Å²) in [7, 11) is 0. The van der Waals surface area contributed by atoms with Gasteiger partial charge in [-0.2, -0.15) is 0 Å². The Morgan fingerprint density at radius 3 is 2.70 bits per heavy atom. The van der Waals surface area contributed by atoms with E-state index in [1.54, 1.807) is 12.3 Å². The van der Waals surface area contributed by atoms with Crippen molar-refractivity contribution in [1.29, 1.82) is 0 Å². The number of carbonyl (C=O) groups is 2. The molecule has 2 atom stereocenters. The van der Waals surface area contributed by atoms with Gasteiger partial charge in [-0.15, -0.1) is 0 Å². The number of hydrogen-bond acceptors (Lipinski definition) is 4. The second kappa shape index (κ2) is 9.42. The van der Waals surface area contributed by atoms with E-state index in [1.165, 1.54) is 0 Å². The van der Waals surface area contributed by atoms with Gasteiger partial charge in [0.15, 0.2) is 0 Å². The summed E-state index contributed by atoms with van der Waals surface area (Å²) in [5, 5.41) is 7.80. The highest BCUT2D eigenvalue weighted by Gasteiger charge is 2.24. The number of aromatic nitrogens is 2. The predicted molar refractivity (Wildman–Crippen MR) is 127 cm³/mol. The maximum Gasteiger partial charge on any atom is 0.270 e. The molecule has 1 aliphatic rings. The number of carbonyl (C=O) groups excluding carboxylic acids is 2. The van der Waals surface area contributed by atoms with Gasteiger partial charge in [0, 0.05) is 35.9 Å². The molecule has 0 bridgehead atoms. The third-order valence-electron chi connectivity index (χ3n) is 6.06. The van der Waals surface area contributed by atoms with Crippen molar-refractivity contribution >= 4 is 33.6 Å². The zero-order valence-corrected chi connectivity index (χ0v) is 18.2. The molecular weight excluding hydrogens is 416 g/mol. The number of rotatable bonds is 7. The van der Waals surface area contributed by atoms with Gasteiger partial charge >= 0.3 is 0 Å². The van der Waals surface area contributed by atoms with Gasteiger partial charge in [-0.25, -0.2) is 4.98 Å². The Morgan fingerprint density at radius 1 is 1.06 bits per heavy atom. The standard InChI is InChI=1S/C26H26N4O3/c31-25(28-15-18-9-6-12-33-18)23(13-17-7-2-1-3-8-17)30-26(32)22-14-20-19-10-4-5-11-21(19)29-24(20)16-27-22/h1-5,7-8,10-11,14,16,18,23,29H,6,9,12-13,15H2,(H,28,31)(H,30,32). The highest BCUT2D eigenvalue weighted by Crippen LogP contribution is 2.25. The van der Waals surface area contributed by atoms with Crippen molar-refractivity contribution in [3.05, 3.63) is 78.1 Å². The van der Waals surface area contributed by atoms with Crippen molar-refractivity contribution in [2.45, 2.75) is 31.4 Å². The van der Waals surface area contributed by atoms with Gasteiger partial charge in [0.05, 0.1) is 17.8 Å². The minimum absolute atomic E-state index is 0.0352. The number of pyridine rings is 1. The Labute approximate surface area is 191 Å². The fourth-order valence-corrected chi connectivity index (χ4v) is 4.31. The summed E-state index contributed by atoms with van der Waals surface area (Å²) >= 11 is 0. The number of ether oxygens (including phenoxy) is 1. The predicted octanol–water partition coefficient (Wildman–Crippen LogP) is 3.35. The molecule has 2 aromatic heterocycles. The fourth-order valence-electron chi connectivity index (χ4n) is 4.31. The number of aromatic amines is 1. The number of H-pyrrole nitrogens is 1. The molecule has 0 radical (unpaired) electrons. The summed E-state index contributed by atoms with van der Waals surface area (Å²) in [6, 6.07) is 18.6. The molecule has 0 spiro atoms. The van der Waals surface area contributed by atoms with E-state index >= 15 is 0 Å². The third kappa shape index (κ3) is 4.73. The number of fused-ring (bicyclic) bond motifs is 3. The summed E-state index contributed by atoms with van der Waals surface area (Å²) < 4.78 is 5.61. The molecule has 2 unspecified atom stereocenters. The number of nitrogens with zero attached hydrogens (tertiary/aromatic N) is 1. The molecule has 168 valence electrons. The van der Waals surface area contributed by atoms with Gasteiger partial charge in [0.25, 0.3) is 5.91 Å². The molecule has 7 nitrogen and oxygen atoms in total. The first-order valence-electron chi connectivity index (χ1n) is 11.3. The highest BCUT2D eigenvalue weighted by molar-refractivity contribution is 6.09. The van der Waals surface area contributed by atoms with Crippen molar-refractivity contribution in [1.82, 2.24) is 20.6 Å². The van der Waals surface area contributed by atoms with E-state index in [0.717, 1.165) is 46.8 Å². The zero-order valence-electron chi connectivity index (χ0n) is 18.2. The van der Waals surface area contributed by atoms with E-state index in [0.29, 0.717) is 13.0 Å². The van der Waals surface area contributed by atoms with Crippen LogP contribution in [0, 0.1) is 0 Å². The molecular formula is C26H26N4O3. The van der Waals surface area contributed by atoms with E-state index < -0.39 is 6.04 Å². The van der Waals surface area contributed by atoms with Crippen molar-refractivity contribution in [3.63, 3.8) is 0 Å². The summed E-state index contributed by atoms with van der Waals surface area (Å²) in [6.45, 7) is 1.17. The first-order valence-corrected chi connectivity index (χ1v) is 11.3. The van der Waals surface area contributed by atoms with Crippen LogP contribution in [0.25, 0.3) is 21.8 Å². The average Bonchev–Trinajstić information content (AvgIpc) is 3.50. The summed E-state index contributed by atoms with van der Waals surface area (Å²) in [4.78, 5) is 33.8. The van der Waals surface area contributed by atoms with Crippen LogP contribution in [0.2, 0.25) is 0 Å². The third-order valence-corrected chi connectivity index (χ3v) is 6.06. The van der Waals surface area contributed by atoms with Crippen LogP contribution in [0.3, 0.4) is 0 Å². The monoisotopic (exact) mass is 442 g/mol. The largest absolute Gasteiger partial charge is 0.376 e. The van der Waals surface area contributed by atoms with Crippen LogP contribution >= 0.6 is 0 Å². The smallest absolute Gasteiger partial charge is 0.270 e. The number of amides is 2. The van der Waals surface area contributed by atoms with Crippen LogP contribution in [-0.2, 0) is 16.0 Å². The summed E-state index contributed by atoms with van der Waals surface area (Å²) in [6.07, 6.45) is 4.03. The van der Waals surface area contributed by atoms with Gasteiger partial charge in [-0.05, 0) is 30.5 Å². The summed E-state index contributed by atoms with van der Waals surface area (Å²) in [5.74, 6) is -0.605. The molecule has 5 rings (SSSR count). The first-order chi connectivity index (χ1) is 16.2. The SMILES string of the molecule is O=C(NC(Cc1ccccc1)C(=O)NCC1CCCO1)c1cc2c(cn1)[nH]c1ccccc12. The second-order valence-electron chi connectivity index (χ2n) is 8.38. The number of para-hydroxylation sites is 1. The van der Waals surface area contributed by atoms with Crippen LogP contribution in [0.15, 0.2) is 66.9 Å². The lowest BCUT2D eigenvalue weighted by molar-refractivity contribution is -0.123. The zero-order chi connectivity index (χ0) is 22.6. The fraction of sp³-hybridized carbons (Fsp3) is 0.269. The van der Waals surface area contributed by atoms with Crippen molar-refractivity contribution in [3.8, 4) is 0 Å². The lowest BCUT2D eigenvalue weighted by Crippen LogP contribution is -2.49. The molecule has 7 heteroatoms. The molecule has 2 amide bonds. The van der Waals surface area contributed by atoms with Crippen molar-refractivity contribution in [2.24, 2.45) is 0 Å². The molecule has 3 heterocycles. The van der Waals surface area contributed by atoms with Crippen LogP contribution in [0.5, 0.6) is 0 Å². The van der Waals surface area contributed by atoms with Gasteiger partial charge in [-0.3, -0.25) is 9.59 Å². The van der Waals surface area contributed by atoms with Crippen LogP contribution in [-0.4, -0.2) is 47.1 Å². The molecule has 1 fully saturated rings. The number of benzene rings is 2.